The van der Waals surface area contributed by atoms with Crippen molar-refractivity contribution in [2.75, 3.05) is 6.61 Å². The standard InChI is InChI=1S/C17H14O2S/c1-12-6-9-17(20-12)16(18)11-19-15-8-7-13-4-2-3-5-14(13)10-15/h2-10H,11H2,1H3. The summed E-state index contributed by atoms with van der Waals surface area (Å²) in [6.45, 7) is 2.07. The Morgan fingerprint density at radius 3 is 2.60 bits per heavy atom. The predicted molar refractivity (Wildman–Crippen MR) is 82.8 cm³/mol. The molecule has 20 heavy (non-hydrogen) atoms. The SMILES string of the molecule is Cc1ccc(C(=O)COc2ccc3ccccc3c2)s1. The maximum absolute atomic E-state index is 12.0. The van der Waals surface area contributed by atoms with Crippen molar-refractivity contribution < 1.29 is 9.53 Å². The lowest BCUT2D eigenvalue weighted by Crippen LogP contribution is -2.09. The van der Waals surface area contributed by atoms with Crippen molar-refractivity contribution in [3.8, 4) is 5.75 Å². The van der Waals surface area contributed by atoms with Crippen molar-refractivity contribution >= 4 is 27.9 Å². The van der Waals surface area contributed by atoms with E-state index in [1.165, 1.54) is 16.7 Å². The molecule has 0 spiro atoms. The molecular formula is C17H14O2S. The highest BCUT2D eigenvalue weighted by atomic mass is 32.1. The molecular weight excluding hydrogens is 268 g/mol. The van der Waals surface area contributed by atoms with Gasteiger partial charge in [0.1, 0.15) is 5.75 Å². The minimum absolute atomic E-state index is 0.0243. The third-order valence-electron chi connectivity index (χ3n) is 3.11. The number of benzene rings is 2. The van der Waals surface area contributed by atoms with E-state index in [9.17, 15) is 4.79 Å². The van der Waals surface area contributed by atoms with Crippen LogP contribution in [-0.2, 0) is 0 Å². The second-order valence-corrected chi connectivity index (χ2v) is 5.92. The monoisotopic (exact) mass is 282 g/mol. The van der Waals surface area contributed by atoms with Crippen molar-refractivity contribution in [1.82, 2.24) is 0 Å². The molecule has 0 bridgehead atoms. The lowest BCUT2D eigenvalue weighted by atomic mass is 10.1. The van der Waals surface area contributed by atoms with Crippen LogP contribution in [0.1, 0.15) is 14.5 Å². The van der Waals surface area contributed by atoms with E-state index in [-0.39, 0.29) is 12.4 Å². The van der Waals surface area contributed by atoms with E-state index in [1.807, 2.05) is 55.5 Å². The van der Waals surface area contributed by atoms with E-state index in [0.29, 0.717) is 0 Å². The highest BCUT2D eigenvalue weighted by Gasteiger charge is 2.09. The molecule has 0 saturated carbocycles. The van der Waals surface area contributed by atoms with Gasteiger partial charge in [0.05, 0.1) is 4.88 Å². The van der Waals surface area contributed by atoms with Gasteiger partial charge in [-0.25, -0.2) is 0 Å². The van der Waals surface area contributed by atoms with Gasteiger partial charge in [-0.1, -0.05) is 30.3 Å². The molecule has 100 valence electrons. The number of ether oxygens (including phenoxy) is 1. The number of carbonyl (C=O) groups excluding carboxylic acids is 1. The van der Waals surface area contributed by atoms with E-state index in [2.05, 4.69) is 6.07 Å². The molecule has 0 atom stereocenters. The number of fused-ring (bicyclic) bond motifs is 1. The van der Waals surface area contributed by atoms with Crippen LogP contribution in [0, 0.1) is 6.92 Å². The largest absolute Gasteiger partial charge is 0.485 e. The average Bonchev–Trinajstić information content (AvgIpc) is 2.91. The number of carbonyl (C=O) groups is 1. The third kappa shape index (κ3) is 2.73. The first-order valence-corrected chi connectivity index (χ1v) is 7.25. The molecule has 1 heterocycles. The first-order valence-electron chi connectivity index (χ1n) is 6.43. The quantitative estimate of drug-likeness (QED) is 0.660. The topological polar surface area (TPSA) is 26.3 Å². The average molecular weight is 282 g/mol. The molecule has 3 rings (SSSR count). The highest BCUT2D eigenvalue weighted by molar-refractivity contribution is 7.14. The molecule has 1 aromatic heterocycles. The van der Waals surface area contributed by atoms with E-state index < -0.39 is 0 Å². The van der Waals surface area contributed by atoms with Crippen molar-refractivity contribution in [1.29, 1.82) is 0 Å². The van der Waals surface area contributed by atoms with Gasteiger partial charge in [-0.3, -0.25) is 4.79 Å². The summed E-state index contributed by atoms with van der Waals surface area (Å²) in [5.74, 6) is 0.751. The Kier molecular flexibility index (Phi) is 3.52. The molecule has 0 fully saturated rings. The normalized spacial score (nSPS) is 10.7. The van der Waals surface area contributed by atoms with Crippen LogP contribution >= 0.6 is 11.3 Å². The first kappa shape index (κ1) is 12.9. The molecule has 0 N–H and O–H groups in total. The van der Waals surface area contributed by atoms with E-state index in [0.717, 1.165) is 20.9 Å². The van der Waals surface area contributed by atoms with Gasteiger partial charge < -0.3 is 4.74 Å². The Labute approximate surface area is 121 Å². The second-order valence-electron chi connectivity index (χ2n) is 4.63. The number of hydrogen-bond acceptors (Lipinski definition) is 3. The molecule has 0 aliphatic heterocycles. The molecule has 2 nitrogen and oxygen atoms in total. The number of aryl methyl sites for hydroxylation is 1. The fraction of sp³-hybridized carbons (Fsp3) is 0.118. The van der Waals surface area contributed by atoms with Crippen LogP contribution < -0.4 is 4.74 Å². The van der Waals surface area contributed by atoms with Gasteiger partial charge in [0.2, 0.25) is 5.78 Å². The van der Waals surface area contributed by atoms with Crippen LogP contribution in [0.25, 0.3) is 10.8 Å². The lowest BCUT2D eigenvalue weighted by molar-refractivity contribution is 0.0925. The minimum atomic E-state index is 0.0243. The second kappa shape index (κ2) is 5.47. The first-order chi connectivity index (χ1) is 9.72. The van der Waals surface area contributed by atoms with Crippen LogP contribution in [0.2, 0.25) is 0 Å². The summed E-state index contributed by atoms with van der Waals surface area (Å²) in [6, 6.07) is 17.8. The Morgan fingerprint density at radius 2 is 1.85 bits per heavy atom. The number of hydrogen-bond donors (Lipinski definition) is 0. The molecule has 0 unspecified atom stereocenters. The van der Waals surface area contributed by atoms with Crippen LogP contribution in [0.4, 0.5) is 0 Å². The van der Waals surface area contributed by atoms with Gasteiger partial charge in [-0.05, 0) is 42.0 Å². The zero-order chi connectivity index (χ0) is 13.9. The van der Waals surface area contributed by atoms with Gasteiger partial charge in [-0.2, -0.15) is 0 Å². The summed E-state index contributed by atoms with van der Waals surface area (Å²) in [4.78, 5) is 13.9. The Bertz CT molecular complexity index is 758. The summed E-state index contributed by atoms with van der Waals surface area (Å²) in [5, 5.41) is 2.28. The third-order valence-corrected chi connectivity index (χ3v) is 4.15. The van der Waals surface area contributed by atoms with Crippen LogP contribution in [0.3, 0.4) is 0 Å². The number of rotatable bonds is 4. The number of ketones is 1. The van der Waals surface area contributed by atoms with Crippen molar-refractivity contribution in [3.05, 3.63) is 64.4 Å². The fourth-order valence-corrected chi connectivity index (χ4v) is 2.85. The number of Topliss-reactive ketones (excluding diaryl/α,β-unsaturated/α-hetero) is 1. The number of thiophene rings is 1. The summed E-state index contributed by atoms with van der Waals surface area (Å²) < 4.78 is 5.60. The van der Waals surface area contributed by atoms with E-state index >= 15 is 0 Å². The predicted octanol–water partition coefficient (Wildman–Crippen LogP) is 4.47. The lowest BCUT2D eigenvalue weighted by Gasteiger charge is -2.06. The van der Waals surface area contributed by atoms with Crippen molar-refractivity contribution in [2.24, 2.45) is 0 Å². The molecule has 0 aliphatic rings. The Hall–Kier alpha value is -2.13. The van der Waals surface area contributed by atoms with Gasteiger partial charge in [0, 0.05) is 4.88 Å². The Morgan fingerprint density at radius 1 is 1.05 bits per heavy atom. The summed E-state index contributed by atoms with van der Waals surface area (Å²) in [5.41, 5.74) is 0. The van der Waals surface area contributed by atoms with Crippen molar-refractivity contribution in [2.45, 2.75) is 6.92 Å². The zero-order valence-electron chi connectivity index (χ0n) is 11.1. The molecule has 0 aliphatic carbocycles. The molecule has 3 heteroatoms. The van der Waals surface area contributed by atoms with Crippen LogP contribution in [0.15, 0.2) is 54.6 Å². The summed E-state index contributed by atoms with van der Waals surface area (Å²) in [7, 11) is 0. The van der Waals surface area contributed by atoms with Gasteiger partial charge in [0.25, 0.3) is 0 Å². The zero-order valence-corrected chi connectivity index (χ0v) is 11.9. The maximum atomic E-state index is 12.0. The van der Waals surface area contributed by atoms with E-state index in [4.69, 9.17) is 4.74 Å². The van der Waals surface area contributed by atoms with Crippen LogP contribution in [0.5, 0.6) is 5.75 Å². The van der Waals surface area contributed by atoms with Gasteiger partial charge in [-0.15, -0.1) is 11.3 Å². The Balaban J connectivity index is 1.72. The van der Waals surface area contributed by atoms with Crippen molar-refractivity contribution in [3.63, 3.8) is 0 Å². The minimum Gasteiger partial charge on any atom is -0.485 e. The van der Waals surface area contributed by atoms with E-state index in [1.54, 1.807) is 0 Å². The molecule has 3 aromatic rings. The van der Waals surface area contributed by atoms with Gasteiger partial charge in [0.15, 0.2) is 6.61 Å². The molecule has 0 saturated heterocycles. The highest BCUT2D eigenvalue weighted by Crippen LogP contribution is 2.21. The fourth-order valence-electron chi connectivity index (χ4n) is 2.06. The molecule has 0 amide bonds. The van der Waals surface area contributed by atoms with Crippen LogP contribution in [-0.4, -0.2) is 12.4 Å². The van der Waals surface area contributed by atoms with Gasteiger partial charge >= 0.3 is 0 Å². The summed E-state index contributed by atoms with van der Waals surface area (Å²) >= 11 is 1.50. The molecule has 0 radical (unpaired) electrons. The smallest absolute Gasteiger partial charge is 0.210 e. The summed E-state index contributed by atoms with van der Waals surface area (Å²) in [6.07, 6.45) is 0. The molecule has 2 aromatic carbocycles. The maximum Gasteiger partial charge on any atom is 0.210 e.